The van der Waals surface area contributed by atoms with Gasteiger partial charge in [-0.3, -0.25) is 9.59 Å². The number of thiocarbonyl (C=S) groups is 1. The molecule has 1 saturated carbocycles. The van der Waals surface area contributed by atoms with Gasteiger partial charge in [-0.2, -0.15) is 0 Å². The molecular weight excluding hydrogens is 238 g/mol. The van der Waals surface area contributed by atoms with Gasteiger partial charge in [-0.25, -0.2) is 0 Å². The van der Waals surface area contributed by atoms with E-state index < -0.39 is 5.41 Å². The minimum atomic E-state index is -0.734. The summed E-state index contributed by atoms with van der Waals surface area (Å²) in [5.41, 5.74) is 4.93. The van der Waals surface area contributed by atoms with Crippen LogP contribution in [-0.2, 0) is 9.59 Å². The third kappa shape index (κ3) is 3.15. The van der Waals surface area contributed by atoms with Crippen LogP contribution in [0.25, 0.3) is 0 Å². The van der Waals surface area contributed by atoms with E-state index in [0.29, 0.717) is 19.4 Å². The molecule has 0 spiro atoms. The van der Waals surface area contributed by atoms with Gasteiger partial charge < -0.3 is 16.4 Å². The number of amides is 2. The largest absolute Gasteiger partial charge is 0.392 e. The van der Waals surface area contributed by atoms with Crippen molar-refractivity contribution >= 4 is 29.0 Å². The van der Waals surface area contributed by atoms with Crippen LogP contribution in [-0.4, -0.2) is 29.9 Å². The van der Waals surface area contributed by atoms with E-state index in [2.05, 4.69) is 10.6 Å². The molecule has 0 aliphatic heterocycles. The van der Waals surface area contributed by atoms with Crippen LogP contribution < -0.4 is 16.4 Å². The summed E-state index contributed by atoms with van der Waals surface area (Å²) in [5.74, 6) is -0.411. The Hall–Kier alpha value is -1.17. The fourth-order valence-corrected chi connectivity index (χ4v) is 2.45. The second-order valence-corrected chi connectivity index (χ2v) is 4.73. The number of hydrogen-bond acceptors (Lipinski definition) is 3. The summed E-state index contributed by atoms with van der Waals surface area (Å²) in [5, 5.41) is 5.23. The van der Waals surface area contributed by atoms with Crippen molar-refractivity contribution in [2.24, 2.45) is 11.1 Å². The van der Waals surface area contributed by atoms with Gasteiger partial charge in [0.15, 0.2) is 0 Å². The van der Waals surface area contributed by atoms with Crippen molar-refractivity contribution < 1.29 is 9.59 Å². The zero-order valence-electron chi connectivity index (χ0n) is 10.0. The van der Waals surface area contributed by atoms with Gasteiger partial charge in [0.25, 0.3) is 0 Å². The molecule has 1 aliphatic carbocycles. The average Bonchev–Trinajstić information content (AvgIpc) is 2.76. The first-order valence-electron chi connectivity index (χ1n) is 5.88. The first-order chi connectivity index (χ1) is 8.03. The van der Waals surface area contributed by atoms with Gasteiger partial charge >= 0.3 is 0 Å². The van der Waals surface area contributed by atoms with Gasteiger partial charge in [0.1, 0.15) is 0 Å². The summed E-state index contributed by atoms with van der Waals surface area (Å²) in [4.78, 5) is 23.5. The van der Waals surface area contributed by atoms with Crippen LogP contribution in [0.4, 0.5) is 0 Å². The number of nitrogens with two attached hydrogens (primary N) is 1. The summed E-state index contributed by atoms with van der Waals surface area (Å²) >= 11 is 4.99. The van der Waals surface area contributed by atoms with E-state index >= 15 is 0 Å². The molecule has 6 heteroatoms. The van der Waals surface area contributed by atoms with Crippen molar-refractivity contribution in [3.63, 3.8) is 0 Å². The van der Waals surface area contributed by atoms with Gasteiger partial charge in [-0.15, -0.1) is 0 Å². The lowest BCUT2D eigenvalue weighted by Gasteiger charge is -2.26. The predicted molar refractivity (Wildman–Crippen MR) is 69.4 cm³/mol. The van der Waals surface area contributed by atoms with Gasteiger partial charge in [-0.1, -0.05) is 25.1 Å². The number of likely N-dealkylation sites (N-methyl/N-ethyl adjacent to an activating group) is 1. The smallest absolute Gasteiger partial charge is 0.239 e. The molecule has 0 saturated heterocycles. The van der Waals surface area contributed by atoms with E-state index in [4.69, 9.17) is 18.0 Å². The molecule has 1 rings (SSSR count). The monoisotopic (exact) mass is 257 g/mol. The third-order valence-corrected chi connectivity index (χ3v) is 3.54. The van der Waals surface area contributed by atoms with Crippen LogP contribution in [0.5, 0.6) is 0 Å². The Labute approximate surface area is 107 Å². The van der Waals surface area contributed by atoms with Crippen LogP contribution in [0.15, 0.2) is 0 Å². The molecule has 0 aromatic rings. The maximum absolute atomic E-state index is 12.1. The fraction of sp³-hybridized carbons (Fsp3) is 0.727. The molecule has 1 fully saturated rings. The van der Waals surface area contributed by atoms with Crippen LogP contribution in [0.3, 0.4) is 0 Å². The topological polar surface area (TPSA) is 84.2 Å². The standard InChI is InChI=1S/C11H19N3O2S/c1-2-13-8(15)7-14-10(16)11(9(12)17)5-3-4-6-11/h2-7H2,1H3,(H2,12,17)(H,13,15)(H,14,16). The fourth-order valence-electron chi connectivity index (χ4n) is 2.15. The second-order valence-electron chi connectivity index (χ2n) is 4.29. The molecule has 0 radical (unpaired) electrons. The highest BCUT2D eigenvalue weighted by Gasteiger charge is 2.43. The molecule has 17 heavy (non-hydrogen) atoms. The Bertz CT molecular complexity index is 325. The van der Waals surface area contributed by atoms with Gasteiger partial charge in [0.2, 0.25) is 11.8 Å². The predicted octanol–water partition coefficient (Wildman–Crippen LogP) is 0.0852. The molecule has 0 aromatic heterocycles. The van der Waals surface area contributed by atoms with Gasteiger partial charge in [-0.05, 0) is 19.8 Å². The molecular formula is C11H19N3O2S. The number of carbonyl (C=O) groups is 2. The van der Waals surface area contributed by atoms with E-state index in [1.54, 1.807) is 0 Å². The zero-order chi connectivity index (χ0) is 12.9. The van der Waals surface area contributed by atoms with E-state index in [1.165, 1.54) is 0 Å². The molecule has 0 unspecified atom stereocenters. The minimum Gasteiger partial charge on any atom is -0.392 e. The molecule has 0 heterocycles. The van der Waals surface area contributed by atoms with E-state index in [9.17, 15) is 9.59 Å². The number of hydrogen-bond donors (Lipinski definition) is 3. The van der Waals surface area contributed by atoms with Crippen molar-refractivity contribution in [2.45, 2.75) is 32.6 Å². The highest BCUT2D eigenvalue weighted by atomic mass is 32.1. The Morgan fingerprint density at radius 3 is 2.35 bits per heavy atom. The summed E-state index contributed by atoms with van der Waals surface area (Å²) in [6.45, 7) is 2.36. The lowest BCUT2D eigenvalue weighted by Crippen LogP contribution is -2.49. The molecule has 5 nitrogen and oxygen atoms in total. The summed E-state index contributed by atoms with van der Waals surface area (Å²) in [7, 11) is 0. The lowest BCUT2D eigenvalue weighted by atomic mass is 9.85. The van der Waals surface area contributed by atoms with E-state index in [1.807, 2.05) is 6.92 Å². The zero-order valence-corrected chi connectivity index (χ0v) is 10.9. The molecule has 4 N–H and O–H groups in total. The molecule has 0 atom stereocenters. The number of rotatable bonds is 5. The number of nitrogens with one attached hydrogen (secondary N) is 2. The van der Waals surface area contributed by atoms with Crippen LogP contribution >= 0.6 is 12.2 Å². The third-order valence-electron chi connectivity index (χ3n) is 3.15. The second kappa shape index (κ2) is 5.95. The lowest BCUT2D eigenvalue weighted by molar-refractivity contribution is -0.130. The SMILES string of the molecule is CCNC(=O)CNC(=O)C1(C(N)=S)CCCC1. The van der Waals surface area contributed by atoms with Crippen molar-refractivity contribution in [3.05, 3.63) is 0 Å². The molecule has 2 amide bonds. The maximum Gasteiger partial charge on any atom is 0.239 e. The van der Waals surface area contributed by atoms with E-state index in [0.717, 1.165) is 12.8 Å². The highest BCUT2D eigenvalue weighted by Crippen LogP contribution is 2.38. The Morgan fingerprint density at radius 1 is 1.29 bits per heavy atom. The summed E-state index contributed by atoms with van der Waals surface area (Å²) in [6, 6.07) is 0. The quantitative estimate of drug-likeness (QED) is 0.609. The Balaban J connectivity index is 2.56. The highest BCUT2D eigenvalue weighted by molar-refractivity contribution is 7.80. The maximum atomic E-state index is 12.1. The van der Waals surface area contributed by atoms with Crippen LogP contribution in [0, 0.1) is 5.41 Å². The Morgan fingerprint density at radius 2 is 1.88 bits per heavy atom. The first kappa shape index (κ1) is 13.9. The van der Waals surface area contributed by atoms with Crippen molar-refractivity contribution in [2.75, 3.05) is 13.1 Å². The van der Waals surface area contributed by atoms with Crippen molar-refractivity contribution in [3.8, 4) is 0 Å². The van der Waals surface area contributed by atoms with Gasteiger partial charge in [0, 0.05) is 6.54 Å². The van der Waals surface area contributed by atoms with E-state index in [-0.39, 0.29) is 23.3 Å². The molecule has 96 valence electrons. The first-order valence-corrected chi connectivity index (χ1v) is 6.28. The average molecular weight is 257 g/mol. The molecule has 0 bridgehead atoms. The minimum absolute atomic E-state index is 0.0168. The summed E-state index contributed by atoms with van der Waals surface area (Å²) < 4.78 is 0. The van der Waals surface area contributed by atoms with Crippen molar-refractivity contribution in [1.29, 1.82) is 0 Å². The van der Waals surface area contributed by atoms with Crippen LogP contribution in [0.1, 0.15) is 32.6 Å². The molecule has 1 aliphatic rings. The Kier molecular flexibility index (Phi) is 4.86. The van der Waals surface area contributed by atoms with Crippen molar-refractivity contribution in [1.82, 2.24) is 10.6 Å². The van der Waals surface area contributed by atoms with Gasteiger partial charge in [0.05, 0.1) is 16.9 Å². The summed E-state index contributed by atoms with van der Waals surface area (Å²) in [6.07, 6.45) is 3.27. The normalized spacial score (nSPS) is 17.5. The number of carbonyl (C=O) groups excluding carboxylic acids is 2. The van der Waals surface area contributed by atoms with Crippen LogP contribution in [0.2, 0.25) is 0 Å². The molecule has 0 aromatic carbocycles.